The third-order valence-electron chi connectivity index (χ3n) is 7.72. The predicted octanol–water partition coefficient (Wildman–Crippen LogP) is 3.11. The zero-order chi connectivity index (χ0) is 28.4. The molecule has 216 valence electrons. The Hall–Kier alpha value is -2.83. The normalized spacial score (nSPS) is 20.1. The lowest BCUT2D eigenvalue weighted by Gasteiger charge is -2.34. The molecule has 5 rings (SSSR count). The summed E-state index contributed by atoms with van der Waals surface area (Å²) >= 11 is 0. The Labute approximate surface area is 235 Å². The maximum Gasteiger partial charge on any atom is 0.261 e. The van der Waals surface area contributed by atoms with Crippen molar-refractivity contribution in [3.63, 3.8) is 0 Å². The Balaban J connectivity index is 1.50. The monoisotopic (exact) mass is 570 g/mol. The average molecular weight is 571 g/mol. The number of rotatable bonds is 9. The molecular weight excluding hydrogens is 532 g/mol. The third-order valence-corrected chi connectivity index (χ3v) is 8.63. The van der Waals surface area contributed by atoms with Crippen molar-refractivity contribution in [2.45, 2.75) is 62.7 Å². The molecule has 2 atom stereocenters. The number of primary sulfonamides is 1. The fraction of sp³-hybridized carbons (Fsp3) is 0.517. The van der Waals surface area contributed by atoms with E-state index in [-0.39, 0.29) is 28.6 Å². The molecule has 0 aliphatic carbocycles. The minimum atomic E-state index is -3.81. The number of nitrogens with two attached hydrogens (primary N) is 1. The Morgan fingerprint density at radius 3 is 2.67 bits per heavy atom. The van der Waals surface area contributed by atoms with E-state index in [1.165, 1.54) is 6.07 Å². The van der Waals surface area contributed by atoms with Crippen LogP contribution in [-0.2, 0) is 37.2 Å². The molecule has 0 unspecified atom stereocenters. The summed E-state index contributed by atoms with van der Waals surface area (Å²) in [5, 5.41) is 5.93. The van der Waals surface area contributed by atoms with Crippen molar-refractivity contribution in [2.75, 3.05) is 44.9 Å². The lowest BCUT2D eigenvalue weighted by molar-refractivity contribution is -0.0100. The minimum absolute atomic E-state index is 0.00684. The molecule has 2 aliphatic heterocycles. The molecule has 2 aliphatic rings. The Bertz CT molecular complexity index is 1530. The molecule has 3 heterocycles. The molecule has 2 saturated heterocycles. The predicted molar refractivity (Wildman–Crippen MR) is 153 cm³/mol. The lowest BCUT2D eigenvalue weighted by atomic mass is 9.95. The first-order valence-electron chi connectivity index (χ1n) is 13.8. The van der Waals surface area contributed by atoms with Crippen LogP contribution in [0.25, 0.3) is 10.9 Å². The molecule has 0 spiro atoms. The highest BCUT2D eigenvalue weighted by Crippen LogP contribution is 2.30. The topological polar surface area (TPSA) is 126 Å². The molecule has 11 heteroatoms. The number of nitrogens with zero attached hydrogens (tertiary/aromatic N) is 3. The quantitative estimate of drug-likeness (QED) is 0.416. The Morgan fingerprint density at radius 2 is 1.98 bits per heavy atom. The summed E-state index contributed by atoms with van der Waals surface area (Å²) in [6, 6.07) is 10.8. The zero-order valence-corrected chi connectivity index (χ0v) is 24.2. The number of morpholine rings is 1. The summed E-state index contributed by atoms with van der Waals surface area (Å²) in [5.41, 5.74) is 3.42. The fourth-order valence-electron chi connectivity index (χ4n) is 5.65. The summed E-state index contributed by atoms with van der Waals surface area (Å²) in [6.07, 6.45) is 2.01. The second-order valence-electron chi connectivity index (χ2n) is 10.8. The van der Waals surface area contributed by atoms with E-state index in [4.69, 9.17) is 24.3 Å². The van der Waals surface area contributed by atoms with Gasteiger partial charge in [-0.05, 0) is 66.6 Å². The van der Waals surface area contributed by atoms with Gasteiger partial charge in [-0.2, -0.15) is 0 Å². The van der Waals surface area contributed by atoms with Crippen LogP contribution in [0.4, 0.5) is 5.69 Å². The summed E-state index contributed by atoms with van der Waals surface area (Å²) in [5.74, 6) is 0.724. The van der Waals surface area contributed by atoms with Crippen molar-refractivity contribution < 1.29 is 22.6 Å². The van der Waals surface area contributed by atoms with Crippen molar-refractivity contribution in [3.8, 4) is 0 Å². The smallest absolute Gasteiger partial charge is 0.261 e. The molecule has 0 radical (unpaired) electrons. The van der Waals surface area contributed by atoms with Crippen LogP contribution in [0.3, 0.4) is 0 Å². The van der Waals surface area contributed by atoms with Gasteiger partial charge in [-0.25, -0.2) is 18.5 Å². The van der Waals surface area contributed by atoms with Crippen LogP contribution in [-0.4, -0.2) is 64.1 Å². The molecular formula is C29H38N4O6S. The van der Waals surface area contributed by atoms with Gasteiger partial charge in [-0.1, -0.05) is 19.9 Å². The van der Waals surface area contributed by atoms with E-state index in [0.29, 0.717) is 56.1 Å². The molecule has 0 saturated carbocycles. The van der Waals surface area contributed by atoms with Gasteiger partial charge in [0, 0.05) is 39.0 Å². The van der Waals surface area contributed by atoms with Crippen molar-refractivity contribution >= 4 is 26.6 Å². The van der Waals surface area contributed by atoms with Crippen molar-refractivity contribution in [1.82, 2.24) is 9.55 Å². The summed E-state index contributed by atoms with van der Waals surface area (Å²) in [4.78, 5) is 21.2. The van der Waals surface area contributed by atoms with E-state index in [2.05, 4.69) is 4.90 Å². The number of hydrogen-bond acceptors (Lipinski definition) is 8. The molecule has 2 N–H and O–H groups in total. The van der Waals surface area contributed by atoms with Gasteiger partial charge in [0.2, 0.25) is 10.0 Å². The van der Waals surface area contributed by atoms with Crippen LogP contribution in [0.5, 0.6) is 0 Å². The van der Waals surface area contributed by atoms with Gasteiger partial charge in [-0.3, -0.25) is 9.36 Å². The standard InChI is InChI=1S/C29H38N4O6S/c1-19(2)25-16-23(40(30,35)36)8-6-20(25)10-11-33-28(27-5-4-13-39-27)31-26-15-21(7-9-24(26)29(33)34)32-12-14-38-22(17-32)18-37-3/h6-9,15-16,19,22,27H,4-5,10-14,17-18H2,1-3H3,(H2,30,35,36)/t22-,27-/m1/s1. The average Bonchev–Trinajstić information content (AvgIpc) is 3.47. The van der Waals surface area contributed by atoms with Crippen LogP contribution in [0.2, 0.25) is 0 Å². The molecule has 0 amide bonds. The van der Waals surface area contributed by atoms with Crippen LogP contribution in [0.15, 0.2) is 46.1 Å². The highest BCUT2D eigenvalue weighted by molar-refractivity contribution is 7.89. The van der Waals surface area contributed by atoms with E-state index in [0.717, 1.165) is 36.2 Å². The van der Waals surface area contributed by atoms with E-state index in [1.54, 1.807) is 23.8 Å². The van der Waals surface area contributed by atoms with Crippen molar-refractivity contribution in [1.29, 1.82) is 0 Å². The molecule has 2 aromatic carbocycles. The Morgan fingerprint density at radius 1 is 1.15 bits per heavy atom. The number of benzene rings is 2. The molecule has 40 heavy (non-hydrogen) atoms. The van der Waals surface area contributed by atoms with Gasteiger partial charge in [0.1, 0.15) is 11.9 Å². The first kappa shape index (κ1) is 28.7. The maximum atomic E-state index is 13.9. The van der Waals surface area contributed by atoms with Crippen molar-refractivity contribution in [2.24, 2.45) is 5.14 Å². The number of methoxy groups -OCH3 is 1. The van der Waals surface area contributed by atoms with Gasteiger partial charge in [0.25, 0.3) is 5.56 Å². The van der Waals surface area contributed by atoms with Crippen LogP contribution in [0.1, 0.15) is 55.7 Å². The molecule has 3 aromatic rings. The summed E-state index contributed by atoms with van der Waals surface area (Å²) in [7, 11) is -2.14. The number of aryl methyl sites for hydroxylation is 1. The molecule has 0 bridgehead atoms. The Kier molecular flexibility index (Phi) is 8.58. The van der Waals surface area contributed by atoms with Crippen LogP contribution in [0, 0.1) is 0 Å². The number of ether oxygens (including phenoxy) is 3. The fourth-order valence-corrected chi connectivity index (χ4v) is 6.20. The van der Waals surface area contributed by atoms with E-state index in [9.17, 15) is 13.2 Å². The van der Waals surface area contributed by atoms with E-state index >= 15 is 0 Å². The number of anilines is 1. The van der Waals surface area contributed by atoms with Crippen molar-refractivity contribution in [3.05, 3.63) is 63.7 Å². The maximum absolute atomic E-state index is 13.9. The highest BCUT2D eigenvalue weighted by Gasteiger charge is 2.26. The first-order valence-corrected chi connectivity index (χ1v) is 15.4. The number of fused-ring (bicyclic) bond motifs is 1. The highest BCUT2D eigenvalue weighted by atomic mass is 32.2. The zero-order valence-electron chi connectivity index (χ0n) is 23.3. The largest absolute Gasteiger partial charge is 0.382 e. The van der Waals surface area contributed by atoms with Gasteiger partial charge in [0.15, 0.2) is 0 Å². The molecule has 10 nitrogen and oxygen atoms in total. The van der Waals surface area contributed by atoms with Crippen LogP contribution < -0.4 is 15.6 Å². The number of hydrogen-bond donors (Lipinski definition) is 1. The van der Waals surface area contributed by atoms with Gasteiger partial charge in [-0.15, -0.1) is 0 Å². The van der Waals surface area contributed by atoms with E-state index < -0.39 is 10.0 Å². The molecule has 1 aromatic heterocycles. The lowest BCUT2D eigenvalue weighted by Crippen LogP contribution is -2.44. The summed E-state index contributed by atoms with van der Waals surface area (Å²) < 4.78 is 42.7. The van der Waals surface area contributed by atoms with Gasteiger partial charge in [0.05, 0.1) is 35.1 Å². The number of aromatic nitrogens is 2. The SMILES string of the molecule is COC[C@H]1CN(c2ccc3c(=O)n(CCc4ccc(S(N)(=O)=O)cc4C(C)C)c([C@H]4CCCO4)nc3c2)CCO1. The summed E-state index contributed by atoms with van der Waals surface area (Å²) in [6.45, 7) is 7.66. The second kappa shape index (κ2) is 12.0. The van der Waals surface area contributed by atoms with Crippen LogP contribution >= 0.6 is 0 Å². The third kappa shape index (κ3) is 6.08. The second-order valence-corrected chi connectivity index (χ2v) is 12.4. The number of sulfonamides is 1. The van der Waals surface area contributed by atoms with Gasteiger partial charge >= 0.3 is 0 Å². The van der Waals surface area contributed by atoms with Gasteiger partial charge < -0.3 is 19.1 Å². The van der Waals surface area contributed by atoms with E-state index in [1.807, 2.05) is 32.0 Å². The first-order chi connectivity index (χ1) is 19.2. The minimum Gasteiger partial charge on any atom is -0.382 e. The molecule has 2 fully saturated rings.